The number of thiazole rings is 1. The topological polar surface area (TPSA) is 58.1 Å². The summed E-state index contributed by atoms with van der Waals surface area (Å²) in [5.74, 6) is -0.00177. The van der Waals surface area contributed by atoms with E-state index in [-0.39, 0.29) is 5.91 Å². The molecule has 5 nitrogen and oxygen atoms in total. The maximum absolute atomic E-state index is 12.2. The fourth-order valence-electron chi connectivity index (χ4n) is 4.03. The van der Waals surface area contributed by atoms with Crippen molar-refractivity contribution < 1.29 is 4.79 Å². The normalized spacial score (nSPS) is 26.5. The molecule has 3 heterocycles. The third kappa shape index (κ3) is 3.08. The number of amides is 1. The van der Waals surface area contributed by atoms with Crippen LogP contribution in [0.5, 0.6) is 0 Å². The van der Waals surface area contributed by atoms with Gasteiger partial charge in [0.1, 0.15) is 0 Å². The van der Waals surface area contributed by atoms with E-state index in [0.29, 0.717) is 17.0 Å². The molecule has 126 valence electrons. The molecule has 1 aliphatic carbocycles. The standard InChI is InChI=1S/C18H22N4OS/c1-13-16(24-12-20-13)10-22-6-4-18(11-22)7-15(8-18)21-17(23)14-3-2-5-19-9-14/h2-3,5,9,12,15H,4,6-8,10-11H2,1H3,(H,21,23). The van der Waals surface area contributed by atoms with E-state index in [1.165, 1.54) is 11.3 Å². The van der Waals surface area contributed by atoms with Crippen LogP contribution in [0.3, 0.4) is 0 Å². The van der Waals surface area contributed by atoms with Gasteiger partial charge in [0.2, 0.25) is 0 Å². The fourth-order valence-corrected chi connectivity index (χ4v) is 4.85. The molecule has 0 aromatic carbocycles. The van der Waals surface area contributed by atoms with Gasteiger partial charge >= 0.3 is 0 Å². The first-order chi connectivity index (χ1) is 11.6. The molecule has 4 rings (SSSR count). The number of carbonyl (C=O) groups excluding carboxylic acids is 1. The van der Waals surface area contributed by atoms with Crippen LogP contribution in [0.25, 0.3) is 0 Å². The minimum atomic E-state index is -0.00177. The van der Waals surface area contributed by atoms with Gasteiger partial charge in [0.15, 0.2) is 0 Å². The number of pyridine rings is 1. The Hall–Kier alpha value is -1.79. The van der Waals surface area contributed by atoms with Crippen LogP contribution in [0.4, 0.5) is 0 Å². The van der Waals surface area contributed by atoms with Gasteiger partial charge < -0.3 is 5.32 Å². The lowest BCUT2D eigenvalue weighted by Crippen LogP contribution is -2.51. The molecule has 1 N–H and O–H groups in total. The van der Waals surface area contributed by atoms with Crippen LogP contribution in [0, 0.1) is 12.3 Å². The average molecular weight is 342 g/mol. The van der Waals surface area contributed by atoms with Gasteiger partial charge in [0, 0.05) is 36.4 Å². The molecule has 0 unspecified atom stereocenters. The number of nitrogens with zero attached hydrogens (tertiary/aromatic N) is 3. The minimum Gasteiger partial charge on any atom is -0.349 e. The summed E-state index contributed by atoms with van der Waals surface area (Å²) in [6.45, 7) is 5.40. The summed E-state index contributed by atoms with van der Waals surface area (Å²) in [6.07, 6.45) is 6.74. The second-order valence-electron chi connectivity index (χ2n) is 7.14. The van der Waals surface area contributed by atoms with E-state index in [1.807, 2.05) is 11.6 Å². The molecule has 0 bridgehead atoms. The Morgan fingerprint density at radius 2 is 2.38 bits per heavy atom. The van der Waals surface area contributed by atoms with Gasteiger partial charge in [0.05, 0.1) is 16.8 Å². The first-order valence-corrected chi connectivity index (χ1v) is 9.34. The van der Waals surface area contributed by atoms with Crippen LogP contribution in [-0.2, 0) is 6.54 Å². The highest BCUT2D eigenvalue weighted by molar-refractivity contribution is 7.09. The number of rotatable bonds is 4. The minimum absolute atomic E-state index is 0.00177. The number of aryl methyl sites for hydroxylation is 1. The van der Waals surface area contributed by atoms with Gasteiger partial charge in [-0.25, -0.2) is 4.98 Å². The summed E-state index contributed by atoms with van der Waals surface area (Å²) in [5, 5.41) is 3.15. The lowest BCUT2D eigenvalue weighted by atomic mass is 9.65. The zero-order valence-electron chi connectivity index (χ0n) is 13.9. The van der Waals surface area contributed by atoms with Crippen LogP contribution in [0.1, 0.15) is 40.2 Å². The molecule has 2 aromatic heterocycles. The van der Waals surface area contributed by atoms with Gasteiger partial charge in [-0.2, -0.15) is 0 Å². The van der Waals surface area contributed by atoms with Crippen molar-refractivity contribution in [2.45, 2.75) is 38.8 Å². The summed E-state index contributed by atoms with van der Waals surface area (Å²) in [5.41, 5.74) is 4.15. The van der Waals surface area contributed by atoms with E-state index in [1.54, 1.807) is 29.8 Å². The SMILES string of the molecule is Cc1ncsc1CN1CCC2(CC(NC(=O)c3cccnc3)C2)C1. The zero-order chi connectivity index (χ0) is 16.6. The van der Waals surface area contributed by atoms with E-state index in [9.17, 15) is 4.79 Å². The summed E-state index contributed by atoms with van der Waals surface area (Å²) >= 11 is 1.75. The molecule has 1 saturated carbocycles. The van der Waals surface area contributed by atoms with Crippen LogP contribution >= 0.6 is 11.3 Å². The van der Waals surface area contributed by atoms with Gasteiger partial charge in [-0.05, 0) is 50.3 Å². The molecule has 0 atom stereocenters. The van der Waals surface area contributed by atoms with Gasteiger partial charge in [-0.3, -0.25) is 14.7 Å². The Morgan fingerprint density at radius 1 is 1.50 bits per heavy atom. The molecular formula is C18H22N4OS. The molecule has 2 aliphatic rings. The van der Waals surface area contributed by atoms with Crippen molar-refractivity contribution in [2.24, 2.45) is 5.41 Å². The van der Waals surface area contributed by atoms with Crippen molar-refractivity contribution in [3.05, 3.63) is 46.2 Å². The largest absolute Gasteiger partial charge is 0.349 e. The Bertz CT molecular complexity index is 724. The van der Waals surface area contributed by atoms with Gasteiger partial charge in [-0.1, -0.05) is 0 Å². The van der Waals surface area contributed by atoms with Crippen molar-refractivity contribution in [2.75, 3.05) is 13.1 Å². The molecular weight excluding hydrogens is 320 g/mol. The summed E-state index contributed by atoms with van der Waals surface area (Å²) < 4.78 is 0. The molecule has 1 amide bonds. The average Bonchev–Trinajstić information content (AvgIpc) is 3.15. The monoisotopic (exact) mass is 342 g/mol. The molecule has 2 aromatic rings. The van der Waals surface area contributed by atoms with Crippen LogP contribution in [0.2, 0.25) is 0 Å². The van der Waals surface area contributed by atoms with Crippen LogP contribution in [-0.4, -0.2) is 39.9 Å². The summed E-state index contributed by atoms with van der Waals surface area (Å²) in [7, 11) is 0. The number of aromatic nitrogens is 2. The Labute approximate surface area is 146 Å². The van der Waals surface area contributed by atoms with Gasteiger partial charge in [-0.15, -0.1) is 11.3 Å². The van der Waals surface area contributed by atoms with E-state index in [4.69, 9.17) is 0 Å². The number of hydrogen-bond acceptors (Lipinski definition) is 5. The number of hydrogen-bond donors (Lipinski definition) is 1. The maximum atomic E-state index is 12.2. The lowest BCUT2D eigenvalue weighted by Gasteiger charge is -2.45. The number of nitrogens with one attached hydrogen (secondary N) is 1. The molecule has 24 heavy (non-hydrogen) atoms. The van der Waals surface area contributed by atoms with Crippen molar-refractivity contribution in [3.63, 3.8) is 0 Å². The van der Waals surface area contributed by atoms with Gasteiger partial charge in [0.25, 0.3) is 5.91 Å². The third-order valence-electron chi connectivity index (χ3n) is 5.35. The highest BCUT2D eigenvalue weighted by Gasteiger charge is 2.48. The number of carbonyl (C=O) groups is 1. The molecule has 0 radical (unpaired) electrons. The van der Waals surface area contributed by atoms with Crippen LogP contribution < -0.4 is 5.32 Å². The molecule has 2 fully saturated rings. The quantitative estimate of drug-likeness (QED) is 0.928. The molecule has 1 saturated heterocycles. The Balaban J connectivity index is 1.28. The van der Waals surface area contributed by atoms with E-state index in [2.05, 4.69) is 27.1 Å². The Morgan fingerprint density at radius 3 is 3.08 bits per heavy atom. The smallest absolute Gasteiger partial charge is 0.253 e. The van der Waals surface area contributed by atoms with E-state index < -0.39 is 0 Å². The Kier molecular flexibility index (Phi) is 4.10. The number of likely N-dealkylation sites (tertiary alicyclic amines) is 1. The van der Waals surface area contributed by atoms with E-state index >= 15 is 0 Å². The molecule has 1 aliphatic heterocycles. The predicted molar refractivity (Wildman–Crippen MR) is 93.9 cm³/mol. The highest BCUT2D eigenvalue weighted by atomic mass is 32.1. The fraction of sp³-hybridized carbons (Fsp3) is 0.500. The first-order valence-electron chi connectivity index (χ1n) is 8.46. The second kappa shape index (κ2) is 6.26. The van der Waals surface area contributed by atoms with Crippen molar-refractivity contribution in [1.29, 1.82) is 0 Å². The summed E-state index contributed by atoms with van der Waals surface area (Å²) in [4.78, 5) is 24.5. The molecule has 1 spiro atoms. The summed E-state index contributed by atoms with van der Waals surface area (Å²) in [6, 6.07) is 3.92. The lowest BCUT2D eigenvalue weighted by molar-refractivity contribution is 0.0694. The van der Waals surface area contributed by atoms with Crippen molar-refractivity contribution in [1.82, 2.24) is 20.2 Å². The van der Waals surface area contributed by atoms with Crippen molar-refractivity contribution >= 4 is 17.2 Å². The highest BCUT2D eigenvalue weighted by Crippen LogP contribution is 2.48. The first kappa shape index (κ1) is 15.7. The zero-order valence-corrected chi connectivity index (χ0v) is 14.7. The van der Waals surface area contributed by atoms with E-state index in [0.717, 1.165) is 38.2 Å². The van der Waals surface area contributed by atoms with Crippen LogP contribution in [0.15, 0.2) is 30.0 Å². The third-order valence-corrected chi connectivity index (χ3v) is 6.27. The molecule has 6 heteroatoms. The maximum Gasteiger partial charge on any atom is 0.253 e. The predicted octanol–water partition coefficient (Wildman–Crippen LogP) is 2.63. The van der Waals surface area contributed by atoms with Crippen molar-refractivity contribution in [3.8, 4) is 0 Å². The second-order valence-corrected chi connectivity index (χ2v) is 8.08.